The second-order valence-electron chi connectivity index (χ2n) is 5.44. The fourth-order valence-electron chi connectivity index (χ4n) is 2.19. The van der Waals surface area contributed by atoms with Crippen LogP contribution in [0.25, 0.3) is 6.08 Å². The van der Waals surface area contributed by atoms with Crippen molar-refractivity contribution < 1.29 is 14.3 Å². The predicted molar refractivity (Wildman–Crippen MR) is 97.3 cm³/mol. The highest BCUT2D eigenvalue weighted by molar-refractivity contribution is 5.99. The Hall–Kier alpha value is -3.06. The Kier molecular flexibility index (Phi) is 6.79. The van der Waals surface area contributed by atoms with Gasteiger partial charge >= 0.3 is 5.97 Å². The molecule has 0 N–H and O–H groups in total. The molecule has 4 heteroatoms. The smallest absolute Gasteiger partial charge is 0.354 e. The lowest BCUT2D eigenvalue weighted by Crippen LogP contribution is -2.10. The molecule has 25 heavy (non-hydrogen) atoms. The Morgan fingerprint density at radius 3 is 2.48 bits per heavy atom. The highest BCUT2D eigenvalue weighted by Crippen LogP contribution is 2.22. The van der Waals surface area contributed by atoms with Crippen LogP contribution in [0.5, 0.6) is 11.5 Å². The Labute approximate surface area is 148 Å². The van der Waals surface area contributed by atoms with Gasteiger partial charge in [-0.05, 0) is 42.7 Å². The third kappa shape index (κ3) is 5.22. The van der Waals surface area contributed by atoms with Gasteiger partial charge < -0.3 is 9.47 Å². The van der Waals surface area contributed by atoms with Crippen molar-refractivity contribution >= 4 is 12.0 Å². The number of nitriles is 1. The molecule has 0 fully saturated rings. The molecule has 4 nitrogen and oxygen atoms in total. The van der Waals surface area contributed by atoms with Gasteiger partial charge in [-0.15, -0.1) is 0 Å². The fraction of sp³-hybridized carbons (Fsp3) is 0.238. The lowest BCUT2D eigenvalue weighted by atomic mass is 10.1. The van der Waals surface area contributed by atoms with E-state index in [1.54, 1.807) is 18.2 Å². The molecule has 0 bridgehead atoms. The van der Waals surface area contributed by atoms with E-state index in [-0.39, 0.29) is 5.57 Å². The van der Waals surface area contributed by atoms with E-state index in [9.17, 15) is 10.1 Å². The molecule has 0 radical (unpaired) electrons. The predicted octanol–water partition coefficient (Wildman–Crippen LogP) is 4.55. The summed E-state index contributed by atoms with van der Waals surface area (Å²) in [5, 5.41) is 9.32. The van der Waals surface area contributed by atoms with E-state index in [0.717, 1.165) is 18.4 Å². The second kappa shape index (κ2) is 9.29. The normalized spacial score (nSPS) is 10.8. The van der Waals surface area contributed by atoms with E-state index >= 15 is 0 Å². The number of nitrogens with zero attached hydrogens (tertiary/aromatic N) is 1. The van der Waals surface area contributed by atoms with Crippen LogP contribution >= 0.6 is 0 Å². The zero-order chi connectivity index (χ0) is 18.1. The van der Waals surface area contributed by atoms with Gasteiger partial charge in [0.2, 0.25) is 0 Å². The van der Waals surface area contributed by atoms with E-state index in [4.69, 9.17) is 9.47 Å². The van der Waals surface area contributed by atoms with Crippen LogP contribution in [0.15, 0.2) is 54.1 Å². The Morgan fingerprint density at radius 1 is 1.12 bits per heavy atom. The number of aryl methyl sites for hydroxylation is 1. The first-order valence-corrected chi connectivity index (χ1v) is 8.32. The third-order valence-corrected chi connectivity index (χ3v) is 3.56. The molecule has 0 atom stereocenters. The minimum atomic E-state index is -0.683. The lowest BCUT2D eigenvalue weighted by Gasteiger charge is -2.08. The molecule has 0 saturated heterocycles. The van der Waals surface area contributed by atoms with Crippen LogP contribution in [0, 0.1) is 11.3 Å². The molecule has 0 aliphatic heterocycles. The van der Waals surface area contributed by atoms with Crippen molar-refractivity contribution in [2.24, 2.45) is 0 Å². The van der Waals surface area contributed by atoms with Crippen molar-refractivity contribution in [3.63, 3.8) is 0 Å². The maximum atomic E-state index is 12.3. The monoisotopic (exact) mass is 335 g/mol. The summed E-state index contributed by atoms with van der Waals surface area (Å²) in [5.74, 6) is 0.369. The number of carbonyl (C=O) groups is 1. The zero-order valence-corrected chi connectivity index (χ0v) is 14.5. The van der Waals surface area contributed by atoms with Gasteiger partial charge in [0.15, 0.2) is 0 Å². The van der Waals surface area contributed by atoms with Gasteiger partial charge in [-0.25, -0.2) is 4.79 Å². The average Bonchev–Trinajstić information content (AvgIpc) is 2.65. The summed E-state index contributed by atoms with van der Waals surface area (Å²) in [6.07, 6.45) is 3.28. The van der Waals surface area contributed by atoms with Crippen LogP contribution in [0.2, 0.25) is 0 Å². The molecular formula is C21H21NO3. The summed E-state index contributed by atoms with van der Waals surface area (Å²) >= 11 is 0. The number of hydrogen-bond acceptors (Lipinski definition) is 4. The number of carbonyl (C=O) groups excluding carboxylic acids is 1. The maximum absolute atomic E-state index is 12.3. The molecule has 2 aromatic rings. The summed E-state index contributed by atoms with van der Waals surface area (Å²) < 4.78 is 10.9. The largest absolute Gasteiger partial charge is 0.493 e. The van der Waals surface area contributed by atoms with Crippen LogP contribution in [-0.2, 0) is 11.2 Å². The first-order valence-electron chi connectivity index (χ1n) is 8.32. The quantitative estimate of drug-likeness (QED) is 0.322. The Bertz CT molecular complexity index is 786. The number of esters is 1. The fourth-order valence-corrected chi connectivity index (χ4v) is 2.19. The molecule has 0 saturated carbocycles. The molecule has 128 valence electrons. The third-order valence-electron chi connectivity index (χ3n) is 3.56. The van der Waals surface area contributed by atoms with Gasteiger partial charge in [-0.1, -0.05) is 44.2 Å². The molecule has 0 aliphatic rings. The zero-order valence-electron chi connectivity index (χ0n) is 14.5. The van der Waals surface area contributed by atoms with Gasteiger partial charge in [0.1, 0.15) is 23.1 Å². The van der Waals surface area contributed by atoms with Crippen molar-refractivity contribution in [2.75, 3.05) is 6.61 Å². The summed E-state index contributed by atoms with van der Waals surface area (Å²) in [7, 11) is 0. The van der Waals surface area contributed by atoms with Gasteiger partial charge in [0.25, 0.3) is 0 Å². The van der Waals surface area contributed by atoms with E-state index in [1.165, 1.54) is 6.08 Å². The summed E-state index contributed by atoms with van der Waals surface area (Å²) in [6, 6.07) is 16.4. The Balaban J connectivity index is 2.19. The molecule has 2 aromatic carbocycles. The number of para-hydroxylation sites is 1. The van der Waals surface area contributed by atoms with Crippen molar-refractivity contribution in [3.8, 4) is 17.6 Å². The minimum Gasteiger partial charge on any atom is -0.493 e. The first kappa shape index (κ1) is 18.3. The molecule has 0 spiro atoms. The topological polar surface area (TPSA) is 59.3 Å². The van der Waals surface area contributed by atoms with Gasteiger partial charge in [0.05, 0.1) is 6.61 Å². The van der Waals surface area contributed by atoms with Crippen molar-refractivity contribution in [1.29, 1.82) is 5.26 Å². The molecule has 0 unspecified atom stereocenters. The minimum absolute atomic E-state index is 0.0767. The highest BCUT2D eigenvalue weighted by Gasteiger charge is 2.13. The van der Waals surface area contributed by atoms with Crippen LogP contribution in [0.3, 0.4) is 0 Å². The summed E-state index contributed by atoms with van der Waals surface area (Å²) in [6.45, 7) is 4.64. The van der Waals surface area contributed by atoms with Crippen LogP contribution in [0.4, 0.5) is 0 Å². The van der Waals surface area contributed by atoms with Gasteiger partial charge in [0, 0.05) is 5.56 Å². The first-order chi connectivity index (χ1) is 12.2. The van der Waals surface area contributed by atoms with Crippen molar-refractivity contribution in [2.45, 2.75) is 26.7 Å². The van der Waals surface area contributed by atoms with E-state index in [2.05, 4.69) is 6.92 Å². The standard InChI is InChI=1S/C21H21NO3/c1-3-13-24-20-8-6-5-7-17(20)14-18(15-22)21(23)25-19-11-9-16(4-2)10-12-19/h5-12,14H,3-4,13H2,1-2H3/b18-14+. The Morgan fingerprint density at radius 2 is 1.84 bits per heavy atom. The van der Waals surface area contributed by atoms with Crippen LogP contribution < -0.4 is 9.47 Å². The molecule has 2 rings (SSSR count). The molecule has 0 heterocycles. The van der Waals surface area contributed by atoms with Crippen LogP contribution in [0.1, 0.15) is 31.4 Å². The highest BCUT2D eigenvalue weighted by atomic mass is 16.5. The molecule has 0 amide bonds. The lowest BCUT2D eigenvalue weighted by molar-refractivity contribution is -0.129. The van der Waals surface area contributed by atoms with E-state index in [0.29, 0.717) is 23.7 Å². The van der Waals surface area contributed by atoms with Gasteiger partial charge in [-0.3, -0.25) is 0 Å². The van der Waals surface area contributed by atoms with Gasteiger partial charge in [-0.2, -0.15) is 5.26 Å². The second-order valence-corrected chi connectivity index (χ2v) is 5.44. The number of hydrogen-bond donors (Lipinski definition) is 0. The maximum Gasteiger partial charge on any atom is 0.354 e. The van der Waals surface area contributed by atoms with Crippen molar-refractivity contribution in [3.05, 3.63) is 65.2 Å². The molecular weight excluding hydrogens is 314 g/mol. The molecule has 0 aromatic heterocycles. The van der Waals surface area contributed by atoms with E-state index in [1.807, 2.05) is 43.3 Å². The summed E-state index contributed by atoms with van der Waals surface area (Å²) in [5.41, 5.74) is 1.75. The van der Waals surface area contributed by atoms with Crippen LogP contribution in [-0.4, -0.2) is 12.6 Å². The SMILES string of the molecule is CCCOc1ccccc1/C=C(\C#N)C(=O)Oc1ccc(CC)cc1. The van der Waals surface area contributed by atoms with E-state index < -0.39 is 5.97 Å². The average molecular weight is 335 g/mol. The number of benzene rings is 2. The number of rotatable bonds is 7. The van der Waals surface area contributed by atoms with Crippen molar-refractivity contribution in [1.82, 2.24) is 0 Å². The summed E-state index contributed by atoms with van der Waals surface area (Å²) in [4.78, 5) is 12.3. The number of ether oxygens (including phenoxy) is 2. The molecule has 0 aliphatic carbocycles.